The number of carbonyl (C=O) groups is 2. The molecule has 0 saturated carbocycles. The average Bonchev–Trinajstić information content (AvgIpc) is 2.84. The lowest BCUT2D eigenvalue weighted by Crippen LogP contribution is -2.47. The fraction of sp³-hybridized carbons (Fsp3) is 0.357. The number of nitrogens with zero attached hydrogens (tertiary/aromatic N) is 1. The molecule has 0 fully saturated rings. The van der Waals surface area contributed by atoms with E-state index in [1.807, 2.05) is 0 Å². The van der Waals surface area contributed by atoms with Crippen LogP contribution in [0.15, 0.2) is 23.3 Å². The van der Waals surface area contributed by atoms with Crippen molar-refractivity contribution < 1.29 is 19.1 Å². The number of fused-ring (bicyclic) bond motifs is 1. The first kappa shape index (κ1) is 14.8. The molecule has 2 N–H and O–H groups in total. The molecule has 0 aromatic heterocycles. The molecule has 1 aromatic carbocycles. The lowest BCUT2D eigenvalue weighted by atomic mass is 10.1. The van der Waals surface area contributed by atoms with Crippen molar-refractivity contribution in [3.63, 3.8) is 0 Å². The van der Waals surface area contributed by atoms with Crippen LogP contribution in [0.3, 0.4) is 0 Å². The van der Waals surface area contributed by atoms with Crippen molar-refractivity contribution in [2.45, 2.75) is 26.3 Å². The second-order valence-corrected chi connectivity index (χ2v) is 5.52. The van der Waals surface area contributed by atoms with Crippen molar-refractivity contribution in [2.75, 3.05) is 6.79 Å². The molecule has 2 rings (SSSR count). The second-order valence-electron chi connectivity index (χ2n) is 5.52. The van der Waals surface area contributed by atoms with E-state index in [1.165, 1.54) is 6.21 Å². The van der Waals surface area contributed by atoms with E-state index >= 15 is 0 Å². The Bertz CT molecular complexity index is 590. The molecular weight excluding hydrogens is 274 g/mol. The first-order chi connectivity index (χ1) is 9.85. The quantitative estimate of drug-likeness (QED) is 0.479. The molecule has 0 spiro atoms. The first-order valence-corrected chi connectivity index (χ1v) is 6.40. The lowest BCUT2D eigenvalue weighted by Gasteiger charge is -2.19. The summed E-state index contributed by atoms with van der Waals surface area (Å²) in [6, 6.07) is 5.24. The summed E-state index contributed by atoms with van der Waals surface area (Å²) >= 11 is 0. The number of rotatable bonds is 2. The minimum absolute atomic E-state index is 0.194. The third kappa shape index (κ3) is 4.20. The number of benzene rings is 1. The molecule has 21 heavy (non-hydrogen) atoms. The Morgan fingerprint density at radius 1 is 1.19 bits per heavy atom. The van der Waals surface area contributed by atoms with E-state index < -0.39 is 17.4 Å². The van der Waals surface area contributed by atoms with E-state index in [9.17, 15) is 9.59 Å². The third-order valence-corrected chi connectivity index (χ3v) is 2.47. The Hall–Kier alpha value is -2.57. The average molecular weight is 291 g/mol. The first-order valence-electron chi connectivity index (χ1n) is 6.40. The number of ether oxygens (including phenoxy) is 2. The topological polar surface area (TPSA) is 89.0 Å². The maximum Gasteiger partial charge on any atom is 0.329 e. The second kappa shape index (κ2) is 5.82. The summed E-state index contributed by atoms with van der Waals surface area (Å²) in [5.41, 5.74) is 2.41. The van der Waals surface area contributed by atoms with Crippen LogP contribution in [-0.2, 0) is 9.59 Å². The highest BCUT2D eigenvalue weighted by atomic mass is 16.7. The minimum atomic E-state index is -0.818. The Morgan fingerprint density at radius 2 is 1.90 bits per heavy atom. The molecule has 1 aliphatic heterocycles. The zero-order valence-electron chi connectivity index (χ0n) is 12.1. The van der Waals surface area contributed by atoms with Crippen LogP contribution >= 0.6 is 0 Å². The summed E-state index contributed by atoms with van der Waals surface area (Å²) in [4.78, 5) is 23.0. The van der Waals surface area contributed by atoms with Crippen LogP contribution in [0, 0.1) is 0 Å². The molecule has 7 heteroatoms. The van der Waals surface area contributed by atoms with Crippen LogP contribution in [0.2, 0.25) is 0 Å². The van der Waals surface area contributed by atoms with Gasteiger partial charge < -0.3 is 14.8 Å². The normalized spacial score (nSPS) is 13.3. The van der Waals surface area contributed by atoms with E-state index in [4.69, 9.17) is 9.47 Å². The summed E-state index contributed by atoms with van der Waals surface area (Å²) < 4.78 is 10.4. The molecule has 0 bridgehead atoms. The van der Waals surface area contributed by atoms with Crippen molar-refractivity contribution >= 4 is 18.0 Å². The van der Waals surface area contributed by atoms with Gasteiger partial charge in [0.05, 0.1) is 6.21 Å². The van der Waals surface area contributed by atoms with Crippen molar-refractivity contribution in [2.24, 2.45) is 5.10 Å². The van der Waals surface area contributed by atoms with Crippen LogP contribution in [0.1, 0.15) is 26.3 Å². The van der Waals surface area contributed by atoms with Crippen LogP contribution < -0.4 is 20.2 Å². The summed E-state index contributed by atoms with van der Waals surface area (Å²) in [6.07, 6.45) is 1.42. The monoisotopic (exact) mass is 291 g/mol. The smallest absolute Gasteiger partial charge is 0.329 e. The molecule has 1 heterocycles. The van der Waals surface area contributed by atoms with Crippen molar-refractivity contribution in [3.8, 4) is 11.5 Å². The van der Waals surface area contributed by atoms with Crippen LogP contribution in [0.4, 0.5) is 0 Å². The zero-order valence-corrected chi connectivity index (χ0v) is 12.1. The van der Waals surface area contributed by atoms with E-state index in [1.54, 1.807) is 39.0 Å². The number of nitrogens with one attached hydrogen (secondary N) is 2. The maximum absolute atomic E-state index is 11.5. The van der Waals surface area contributed by atoms with Crippen LogP contribution in [-0.4, -0.2) is 30.4 Å². The number of amides is 2. The number of hydrazone groups is 1. The third-order valence-electron chi connectivity index (χ3n) is 2.47. The van der Waals surface area contributed by atoms with Gasteiger partial charge in [-0.2, -0.15) is 5.10 Å². The summed E-state index contributed by atoms with van der Waals surface area (Å²) in [5.74, 6) is -0.260. The Morgan fingerprint density at radius 3 is 2.62 bits per heavy atom. The van der Waals surface area contributed by atoms with Crippen molar-refractivity contribution in [1.29, 1.82) is 0 Å². The maximum atomic E-state index is 11.5. The highest BCUT2D eigenvalue weighted by Gasteiger charge is 2.19. The van der Waals surface area contributed by atoms with Gasteiger partial charge in [-0.3, -0.25) is 9.59 Å². The van der Waals surface area contributed by atoms with E-state index in [2.05, 4.69) is 15.8 Å². The summed E-state index contributed by atoms with van der Waals surface area (Å²) in [7, 11) is 0. The van der Waals surface area contributed by atoms with Gasteiger partial charge in [0.15, 0.2) is 11.5 Å². The SMILES string of the molecule is CC(C)(C)NC(=O)C(=O)N/N=C\c1ccc2c(c1)OCO2. The van der Waals surface area contributed by atoms with Gasteiger partial charge in [0.2, 0.25) is 6.79 Å². The highest BCUT2D eigenvalue weighted by Crippen LogP contribution is 2.31. The minimum Gasteiger partial charge on any atom is -0.454 e. The fourth-order valence-electron chi connectivity index (χ4n) is 1.61. The van der Waals surface area contributed by atoms with E-state index in [0.717, 1.165) is 5.56 Å². The van der Waals surface area contributed by atoms with Gasteiger partial charge in [-0.05, 0) is 44.5 Å². The van der Waals surface area contributed by atoms with Gasteiger partial charge in [-0.1, -0.05) is 0 Å². The molecule has 0 saturated heterocycles. The van der Waals surface area contributed by atoms with Crippen LogP contribution in [0.25, 0.3) is 0 Å². The predicted molar refractivity (Wildman–Crippen MR) is 76.2 cm³/mol. The van der Waals surface area contributed by atoms with Crippen LogP contribution in [0.5, 0.6) is 11.5 Å². The summed E-state index contributed by atoms with van der Waals surface area (Å²) in [5, 5.41) is 6.28. The molecule has 0 radical (unpaired) electrons. The van der Waals surface area contributed by atoms with Gasteiger partial charge in [-0.15, -0.1) is 0 Å². The number of carbonyl (C=O) groups excluding carboxylic acids is 2. The molecule has 1 aliphatic rings. The molecule has 0 atom stereocenters. The van der Waals surface area contributed by atoms with Gasteiger partial charge in [0, 0.05) is 5.54 Å². The molecule has 112 valence electrons. The van der Waals surface area contributed by atoms with Gasteiger partial charge in [0.1, 0.15) is 0 Å². The van der Waals surface area contributed by atoms with Gasteiger partial charge >= 0.3 is 11.8 Å². The highest BCUT2D eigenvalue weighted by molar-refractivity contribution is 6.35. The molecule has 1 aromatic rings. The molecule has 2 amide bonds. The number of hydrogen-bond acceptors (Lipinski definition) is 5. The fourth-order valence-corrected chi connectivity index (χ4v) is 1.61. The molecular formula is C14H17N3O4. The van der Waals surface area contributed by atoms with Crippen molar-refractivity contribution in [1.82, 2.24) is 10.7 Å². The Balaban J connectivity index is 1.90. The van der Waals surface area contributed by atoms with Crippen molar-refractivity contribution in [3.05, 3.63) is 23.8 Å². The van der Waals surface area contributed by atoms with E-state index in [0.29, 0.717) is 11.5 Å². The largest absolute Gasteiger partial charge is 0.454 e. The number of hydrogen-bond donors (Lipinski definition) is 2. The lowest BCUT2D eigenvalue weighted by molar-refractivity contribution is -0.140. The Kier molecular flexibility index (Phi) is 4.11. The Labute approximate surface area is 122 Å². The molecule has 7 nitrogen and oxygen atoms in total. The predicted octanol–water partition coefficient (Wildman–Crippen LogP) is 0.780. The van der Waals surface area contributed by atoms with Gasteiger partial charge in [-0.25, -0.2) is 5.43 Å². The van der Waals surface area contributed by atoms with E-state index in [-0.39, 0.29) is 6.79 Å². The summed E-state index contributed by atoms with van der Waals surface area (Å²) in [6.45, 7) is 5.55. The standard InChI is InChI=1S/C14H17N3O4/c1-14(2,3)16-12(18)13(19)17-15-7-9-4-5-10-11(6-9)21-8-20-10/h4-7H,8H2,1-3H3,(H,16,18)(H,17,19)/b15-7-. The zero-order chi connectivity index (χ0) is 15.5. The van der Waals surface area contributed by atoms with Gasteiger partial charge in [0.25, 0.3) is 0 Å². The molecule has 0 aliphatic carbocycles. The molecule has 0 unspecified atom stereocenters.